The van der Waals surface area contributed by atoms with Crippen LogP contribution in [0.25, 0.3) is 0 Å². The number of carbonyl (C=O) groups is 1. The Bertz CT molecular complexity index is 337. The first kappa shape index (κ1) is 15.3. The van der Waals surface area contributed by atoms with Gasteiger partial charge in [-0.2, -0.15) is 0 Å². The normalized spacial score (nSPS) is 39.2. The van der Waals surface area contributed by atoms with Crippen molar-refractivity contribution in [3.63, 3.8) is 0 Å². The Balaban J connectivity index is 1.37. The van der Waals surface area contributed by atoms with Crippen molar-refractivity contribution in [3.8, 4) is 0 Å². The molecule has 0 spiro atoms. The second-order valence-electron chi connectivity index (χ2n) is 7.75. The Morgan fingerprint density at radius 2 is 1.67 bits per heavy atom. The molecule has 2 aliphatic heterocycles. The average Bonchev–Trinajstić information content (AvgIpc) is 2.80. The molecule has 120 valence electrons. The van der Waals surface area contributed by atoms with Gasteiger partial charge in [0.1, 0.15) is 0 Å². The van der Waals surface area contributed by atoms with E-state index in [0.717, 1.165) is 12.3 Å². The van der Waals surface area contributed by atoms with Gasteiger partial charge in [0.05, 0.1) is 0 Å². The van der Waals surface area contributed by atoms with Crippen LogP contribution in [0.4, 0.5) is 0 Å². The number of rotatable bonds is 5. The summed E-state index contributed by atoms with van der Waals surface area (Å²) in [5, 5.41) is 6.98. The van der Waals surface area contributed by atoms with E-state index in [2.05, 4.69) is 17.6 Å². The van der Waals surface area contributed by atoms with Gasteiger partial charge in [-0.3, -0.25) is 4.79 Å². The van der Waals surface area contributed by atoms with Gasteiger partial charge in [0.2, 0.25) is 5.91 Å². The fraction of sp³-hybridized carbons (Fsp3) is 0.944. The maximum Gasteiger partial charge on any atom is 0.220 e. The number of fused-ring (bicyclic) bond motifs is 2. The van der Waals surface area contributed by atoms with Crippen LogP contribution in [-0.2, 0) is 4.79 Å². The van der Waals surface area contributed by atoms with E-state index in [0.29, 0.717) is 30.0 Å². The van der Waals surface area contributed by atoms with Gasteiger partial charge in [-0.25, -0.2) is 0 Å². The largest absolute Gasteiger partial charge is 0.353 e. The highest BCUT2D eigenvalue weighted by atomic mass is 16.1. The molecule has 0 aromatic heterocycles. The van der Waals surface area contributed by atoms with Crippen LogP contribution in [0.5, 0.6) is 0 Å². The van der Waals surface area contributed by atoms with Crippen molar-refractivity contribution < 1.29 is 4.79 Å². The van der Waals surface area contributed by atoms with Crippen LogP contribution in [0.2, 0.25) is 0 Å². The minimum Gasteiger partial charge on any atom is -0.353 e. The highest BCUT2D eigenvalue weighted by Gasteiger charge is 2.34. The second kappa shape index (κ2) is 7.13. The molecule has 3 nitrogen and oxygen atoms in total. The molecule has 1 saturated carbocycles. The smallest absolute Gasteiger partial charge is 0.220 e. The zero-order valence-corrected chi connectivity index (χ0v) is 13.6. The van der Waals surface area contributed by atoms with E-state index in [9.17, 15) is 4.79 Å². The molecule has 2 N–H and O–H groups in total. The van der Waals surface area contributed by atoms with Gasteiger partial charge in [-0.05, 0) is 63.2 Å². The minimum absolute atomic E-state index is 0.320. The fourth-order valence-corrected chi connectivity index (χ4v) is 4.89. The average molecular weight is 292 g/mol. The molecule has 0 aromatic carbocycles. The highest BCUT2D eigenvalue weighted by molar-refractivity contribution is 5.76. The molecular weight excluding hydrogens is 260 g/mol. The molecule has 3 aliphatic rings. The lowest BCUT2D eigenvalue weighted by Crippen LogP contribution is -2.42. The SMILES string of the molecule is CCCC1CCC(NC(=O)CC2CC3CCC(C2)N3)CC1. The van der Waals surface area contributed by atoms with Crippen molar-refractivity contribution >= 4 is 5.91 Å². The fourth-order valence-electron chi connectivity index (χ4n) is 4.89. The summed E-state index contributed by atoms with van der Waals surface area (Å²) in [5.74, 6) is 1.86. The van der Waals surface area contributed by atoms with Crippen LogP contribution in [0.1, 0.15) is 77.6 Å². The van der Waals surface area contributed by atoms with Crippen LogP contribution in [0.3, 0.4) is 0 Å². The molecule has 2 heterocycles. The van der Waals surface area contributed by atoms with E-state index in [4.69, 9.17) is 0 Å². The van der Waals surface area contributed by atoms with E-state index in [1.807, 2.05) is 0 Å². The van der Waals surface area contributed by atoms with E-state index in [-0.39, 0.29) is 0 Å². The van der Waals surface area contributed by atoms with Gasteiger partial charge < -0.3 is 10.6 Å². The van der Waals surface area contributed by atoms with Crippen LogP contribution in [0, 0.1) is 11.8 Å². The number of hydrogen-bond acceptors (Lipinski definition) is 2. The summed E-state index contributed by atoms with van der Waals surface area (Å²) in [7, 11) is 0. The van der Waals surface area contributed by atoms with Gasteiger partial charge >= 0.3 is 0 Å². The number of piperidine rings is 1. The number of amides is 1. The van der Waals surface area contributed by atoms with E-state index in [1.54, 1.807) is 0 Å². The van der Waals surface area contributed by atoms with Crippen molar-refractivity contribution in [2.75, 3.05) is 0 Å². The van der Waals surface area contributed by atoms with Crippen LogP contribution < -0.4 is 10.6 Å². The maximum absolute atomic E-state index is 12.3. The lowest BCUT2D eigenvalue weighted by molar-refractivity contribution is -0.123. The monoisotopic (exact) mass is 292 g/mol. The van der Waals surface area contributed by atoms with Gasteiger partial charge in [-0.1, -0.05) is 19.8 Å². The van der Waals surface area contributed by atoms with E-state index in [1.165, 1.54) is 64.2 Å². The summed E-state index contributed by atoms with van der Waals surface area (Å²) >= 11 is 0. The van der Waals surface area contributed by atoms with Crippen LogP contribution >= 0.6 is 0 Å². The Hall–Kier alpha value is -0.570. The molecule has 1 aliphatic carbocycles. The number of hydrogen-bond donors (Lipinski definition) is 2. The lowest BCUT2D eigenvalue weighted by Gasteiger charge is -2.31. The van der Waals surface area contributed by atoms with Crippen molar-refractivity contribution in [1.29, 1.82) is 0 Å². The van der Waals surface area contributed by atoms with Crippen molar-refractivity contribution in [2.45, 2.75) is 95.7 Å². The maximum atomic E-state index is 12.3. The standard InChI is InChI=1S/C18H32N2O/c1-2-3-13-4-6-15(7-5-13)20-18(21)12-14-10-16-8-9-17(11-14)19-16/h13-17,19H,2-12H2,1H3,(H,20,21). The lowest BCUT2D eigenvalue weighted by atomic mass is 9.83. The number of nitrogens with one attached hydrogen (secondary N) is 2. The Labute approximate surface area is 129 Å². The predicted molar refractivity (Wildman–Crippen MR) is 86.1 cm³/mol. The predicted octanol–water partition coefficient (Wildman–Crippen LogP) is 3.38. The highest BCUT2D eigenvalue weighted by Crippen LogP contribution is 2.33. The molecule has 3 rings (SSSR count). The third kappa shape index (κ3) is 4.21. The quantitative estimate of drug-likeness (QED) is 0.815. The zero-order chi connectivity index (χ0) is 14.7. The summed E-state index contributed by atoms with van der Waals surface area (Å²) in [5.41, 5.74) is 0. The molecule has 21 heavy (non-hydrogen) atoms. The summed E-state index contributed by atoms with van der Waals surface area (Å²) in [6, 6.07) is 1.86. The first-order chi connectivity index (χ1) is 10.2. The van der Waals surface area contributed by atoms with Gasteiger partial charge in [-0.15, -0.1) is 0 Å². The Kier molecular flexibility index (Phi) is 5.20. The van der Waals surface area contributed by atoms with Gasteiger partial charge in [0, 0.05) is 24.5 Å². The summed E-state index contributed by atoms with van der Waals surface area (Å²) in [6.45, 7) is 2.28. The molecule has 0 aromatic rings. The van der Waals surface area contributed by atoms with E-state index < -0.39 is 0 Å². The molecule has 2 atom stereocenters. The summed E-state index contributed by atoms with van der Waals surface area (Å²) < 4.78 is 0. The molecule has 2 bridgehead atoms. The van der Waals surface area contributed by atoms with Crippen molar-refractivity contribution in [1.82, 2.24) is 10.6 Å². The molecule has 1 amide bonds. The third-order valence-corrected chi connectivity index (χ3v) is 5.95. The summed E-state index contributed by atoms with van der Waals surface area (Å²) in [6.07, 6.45) is 13.6. The molecule has 3 heteroatoms. The van der Waals surface area contributed by atoms with E-state index >= 15 is 0 Å². The molecule has 2 saturated heterocycles. The first-order valence-corrected chi connectivity index (χ1v) is 9.28. The molecule has 0 radical (unpaired) electrons. The minimum atomic E-state index is 0.320. The second-order valence-corrected chi connectivity index (χ2v) is 7.75. The van der Waals surface area contributed by atoms with Crippen LogP contribution in [0.15, 0.2) is 0 Å². The van der Waals surface area contributed by atoms with Crippen LogP contribution in [-0.4, -0.2) is 24.0 Å². The Morgan fingerprint density at radius 3 is 2.29 bits per heavy atom. The first-order valence-electron chi connectivity index (χ1n) is 9.28. The zero-order valence-electron chi connectivity index (χ0n) is 13.6. The Morgan fingerprint density at radius 1 is 1.00 bits per heavy atom. The molecular formula is C18H32N2O. The van der Waals surface area contributed by atoms with Crippen molar-refractivity contribution in [3.05, 3.63) is 0 Å². The topological polar surface area (TPSA) is 41.1 Å². The number of carbonyl (C=O) groups excluding carboxylic acids is 1. The van der Waals surface area contributed by atoms with Gasteiger partial charge in [0.25, 0.3) is 0 Å². The van der Waals surface area contributed by atoms with Crippen molar-refractivity contribution in [2.24, 2.45) is 11.8 Å². The molecule has 2 unspecified atom stereocenters. The van der Waals surface area contributed by atoms with Gasteiger partial charge in [0.15, 0.2) is 0 Å². The third-order valence-electron chi connectivity index (χ3n) is 5.95. The molecule has 3 fully saturated rings. The summed E-state index contributed by atoms with van der Waals surface area (Å²) in [4.78, 5) is 12.3.